The van der Waals surface area contributed by atoms with Crippen LogP contribution in [0.3, 0.4) is 0 Å². The molecule has 0 aliphatic carbocycles. The van der Waals surface area contributed by atoms with E-state index in [2.05, 4.69) is 44.5 Å². The Bertz CT molecular complexity index is 614. The van der Waals surface area contributed by atoms with E-state index < -0.39 is 18.8 Å². The average molecular weight is 497 g/mol. The zero-order valence-electron chi connectivity index (χ0n) is 10.7. The van der Waals surface area contributed by atoms with Gasteiger partial charge in [0, 0.05) is 32.7 Å². The van der Waals surface area contributed by atoms with Gasteiger partial charge >= 0.3 is 0 Å². The van der Waals surface area contributed by atoms with Crippen molar-refractivity contribution in [3.63, 3.8) is 0 Å². The van der Waals surface area contributed by atoms with E-state index in [9.17, 15) is 13.2 Å². The van der Waals surface area contributed by atoms with E-state index >= 15 is 0 Å². The van der Waals surface area contributed by atoms with Crippen LogP contribution >= 0.6 is 31.9 Å². The van der Waals surface area contributed by atoms with Gasteiger partial charge < -0.3 is 4.90 Å². The monoisotopic (exact) mass is 495 g/mol. The Balaban J connectivity index is 0.00000220. The minimum Gasteiger partial charge on any atom is -0.369 e. The molecule has 0 bridgehead atoms. The second-order valence-electron chi connectivity index (χ2n) is 4.06. The summed E-state index contributed by atoms with van der Waals surface area (Å²) in [5.41, 5.74) is 1.41. The molecular weight excluding hydrogens is 488 g/mol. The zero-order valence-corrected chi connectivity index (χ0v) is 16.7. The summed E-state index contributed by atoms with van der Waals surface area (Å²) in [6, 6.07) is 4.06. The van der Waals surface area contributed by atoms with Crippen molar-refractivity contribution in [2.24, 2.45) is 0 Å². The third-order valence-electron chi connectivity index (χ3n) is 2.71. The Kier molecular flexibility index (Phi) is 7.37. The largest absolute Gasteiger partial charge is 0.369 e. The second kappa shape index (κ2) is 8.09. The fourth-order valence-electron chi connectivity index (χ4n) is 1.80. The second-order valence-corrected chi connectivity index (χ2v) is 5.77. The van der Waals surface area contributed by atoms with E-state index in [1.165, 1.54) is 23.1 Å². The van der Waals surface area contributed by atoms with E-state index in [4.69, 9.17) is 0 Å². The Morgan fingerprint density at radius 2 is 1.95 bits per heavy atom. The Morgan fingerprint density at radius 1 is 1.29 bits per heavy atom. The van der Waals surface area contributed by atoms with Crippen molar-refractivity contribution in [2.45, 2.75) is 6.43 Å². The zero-order chi connectivity index (χ0) is 14.9. The molecule has 0 unspecified atom stereocenters. The summed E-state index contributed by atoms with van der Waals surface area (Å²) < 4.78 is 39.7. The molecule has 2 rings (SSSR count). The van der Waals surface area contributed by atoms with Crippen LogP contribution in [0.2, 0.25) is 0 Å². The molecule has 21 heavy (non-hydrogen) atoms. The average Bonchev–Trinajstić information content (AvgIpc) is 2.36. The molecular formula is C14H9Br2F3NY-. The van der Waals surface area contributed by atoms with Gasteiger partial charge in [-0.05, 0) is 22.3 Å². The molecule has 0 saturated heterocycles. The third-order valence-corrected chi connectivity index (χ3v) is 4.06. The smallest absolute Gasteiger partial charge is 0.256 e. The molecule has 7 heteroatoms. The number of rotatable bonds is 3. The molecule has 1 aliphatic heterocycles. The summed E-state index contributed by atoms with van der Waals surface area (Å²) >= 11 is 6.48. The number of nitrogens with zero attached hydrogens (tertiary/aromatic N) is 1. The van der Waals surface area contributed by atoms with Crippen LogP contribution in [-0.4, -0.2) is 17.9 Å². The van der Waals surface area contributed by atoms with Crippen molar-refractivity contribution in [1.29, 1.82) is 0 Å². The molecule has 0 saturated carbocycles. The van der Waals surface area contributed by atoms with Gasteiger partial charge in [-0.3, -0.25) is 0 Å². The van der Waals surface area contributed by atoms with Crippen LogP contribution in [0, 0.1) is 11.9 Å². The van der Waals surface area contributed by atoms with Crippen molar-refractivity contribution in [3.8, 4) is 0 Å². The van der Waals surface area contributed by atoms with E-state index in [1.54, 1.807) is 6.08 Å². The summed E-state index contributed by atoms with van der Waals surface area (Å²) in [4.78, 5) is 1.35. The molecule has 0 aromatic heterocycles. The van der Waals surface area contributed by atoms with Gasteiger partial charge in [0.1, 0.15) is 5.82 Å². The maximum Gasteiger partial charge on any atom is 0.256 e. The number of hydrogen-bond acceptors (Lipinski definition) is 1. The maximum absolute atomic E-state index is 13.1. The molecule has 0 amide bonds. The molecule has 0 atom stereocenters. The van der Waals surface area contributed by atoms with Crippen LogP contribution in [0.1, 0.15) is 5.56 Å². The predicted molar refractivity (Wildman–Crippen MR) is 79.6 cm³/mol. The summed E-state index contributed by atoms with van der Waals surface area (Å²) in [5.74, 6) is -0.409. The molecule has 1 nitrogen and oxygen atoms in total. The van der Waals surface area contributed by atoms with Gasteiger partial charge in [0.15, 0.2) is 0 Å². The van der Waals surface area contributed by atoms with Gasteiger partial charge in [-0.1, -0.05) is 38.3 Å². The van der Waals surface area contributed by atoms with Gasteiger partial charge in [0.25, 0.3) is 6.43 Å². The van der Waals surface area contributed by atoms with Gasteiger partial charge in [-0.15, -0.1) is 22.0 Å². The van der Waals surface area contributed by atoms with Crippen molar-refractivity contribution < 1.29 is 45.9 Å². The van der Waals surface area contributed by atoms with E-state index in [0.717, 1.165) is 0 Å². The summed E-state index contributed by atoms with van der Waals surface area (Å²) in [5, 5.41) is 0. The summed E-state index contributed by atoms with van der Waals surface area (Å²) in [7, 11) is 0. The first kappa shape index (κ1) is 19.1. The standard InChI is InChI=1S/C14H9Br2F3N.Y/c1-8-11(15)4-5-13(20(8)7-14(18)19)10-3-2-9(17)6-12(10)16;/h2-4,6,14H,1,7H2;/q-1;. The summed E-state index contributed by atoms with van der Waals surface area (Å²) in [6.07, 6.45) is 2.00. The van der Waals surface area contributed by atoms with E-state index in [-0.39, 0.29) is 32.7 Å². The SMILES string of the molecule is C=C1C(Br)=C[C-]=C(c2ccc(F)cc2Br)N1CC(F)F.[Y]. The van der Waals surface area contributed by atoms with Crippen molar-refractivity contribution >= 4 is 37.6 Å². The number of alkyl halides is 2. The molecule has 1 heterocycles. The first-order valence-electron chi connectivity index (χ1n) is 5.59. The third kappa shape index (κ3) is 4.53. The van der Waals surface area contributed by atoms with Gasteiger partial charge in [-0.25, -0.2) is 13.2 Å². The van der Waals surface area contributed by atoms with E-state index in [0.29, 0.717) is 25.9 Å². The first-order valence-corrected chi connectivity index (χ1v) is 7.18. The minimum atomic E-state index is -2.53. The van der Waals surface area contributed by atoms with Crippen LogP contribution in [-0.2, 0) is 32.7 Å². The molecule has 1 radical (unpaired) electrons. The summed E-state index contributed by atoms with van der Waals surface area (Å²) in [6.45, 7) is 3.27. The number of benzene rings is 1. The molecule has 1 aromatic carbocycles. The van der Waals surface area contributed by atoms with Crippen LogP contribution in [0.25, 0.3) is 5.70 Å². The first-order chi connectivity index (χ1) is 9.40. The Labute approximate surface area is 163 Å². The topological polar surface area (TPSA) is 3.24 Å². The molecule has 109 valence electrons. The van der Waals surface area contributed by atoms with Crippen LogP contribution in [0.5, 0.6) is 0 Å². The van der Waals surface area contributed by atoms with Crippen LogP contribution in [0.15, 0.2) is 45.5 Å². The fraction of sp³-hybridized carbons (Fsp3) is 0.143. The Hall–Kier alpha value is 0.0939. The van der Waals surface area contributed by atoms with Gasteiger partial charge in [0.05, 0.1) is 6.54 Å². The van der Waals surface area contributed by atoms with Crippen LogP contribution < -0.4 is 0 Å². The van der Waals surface area contributed by atoms with E-state index in [1.807, 2.05) is 0 Å². The van der Waals surface area contributed by atoms with Crippen molar-refractivity contribution in [3.05, 3.63) is 63.0 Å². The quantitative estimate of drug-likeness (QED) is 0.526. The molecule has 1 aliphatic rings. The normalized spacial score (nSPS) is 14.8. The molecule has 0 spiro atoms. The number of halogens is 5. The molecule has 1 aromatic rings. The van der Waals surface area contributed by atoms with Crippen LogP contribution in [0.4, 0.5) is 13.2 Å². The molecule has 0 N–H and O–H groups in total. The van der Waals surface area contributed by atoms with Crippen molar-refractivity contribution in [2.75, 3.05) is 6.54 Å². The van der Waals surface area contributed by atoms with Crippen molar-refractivity contribution in [1.82, 2.24) is 4.90 Å². The fourth-order valence-corrected chi connectivity index (χ4v) is 2.67. The molecule has 0 fully saturated rings. The van der Waals surface area contributed by atoms with Gasteiger partial charge in [0.2, 0.25) is 0 Å². The van der Waals surface area contributed by atoms with Gasteiger partial charge in [-0.2, -0.15) is 12.2 Å². The Morgan fingerprint density at radius 3 is 2.52 bits per heavy atom. The number of hydrogen-bond donors (Lipinski definition) is 0. The maximum atomic E-state index is 13.1. The predicted octanol–water partition coefficient (Wildman–Crippen LogP) is 5.10. The number of allylic oxidation sites excluding steroid dienone is 3. The minimum absolute atomic E-state index is 0.